The molecule has 2 N–H and O–H groups in total. The Labute approximate surface area is 91.5 Å². The van der Waals surface area contributed by atoms with Crippen molar-refractivity contribution >= 4 is 5.97 Å². The van der Waals surface area contributed by atoms with Gasteiger partial charge < -0.3 is 10.2 Å². The third-order valence-corrected chi connectivity index (χ3v) is 3.43. The van der Waals surface area contributed by atoms with Gasteiger partial charge in [0.15, 0.2) is 0 Å². The van der Waals surface area contributed by atoms with Crippen LogP contribution in [0.4, 0.5) is 0 Å². The lowest BCUT2D eigenvalue weighted by molar-refractivity contribution is -0.146. The van der Waals surface area contributed by atoms with Crippen LogP contribution >= 0.6 is 0 Å². The van der Waals surface area contributed by atoms with Gasteiger partial charge in [0.2, 0.25) is 0 Å². The van der Waals surface area contributed by atoms with Crippen molar-refractivity contribution in [3.8, 4) is 0 Å². The maximum atomic E-state index is 11.0. The molecule has 88 valence electrons. The first-order chi connectivity index (χ1) is 7.15. The lowest BCUT2D eigenvalue weighted by Gasteiger charge is -2.21. The standard InChI is InChI=1S/C12H22O3/c1-2-5-11(13)10(12(14)15)8-9-6-3-4-7-9/h9-11,13H,2-8H2,1H3,(H,14,15). The Kier molecular flexibility index (Phi) is 5.09. The van der Waals surface area contributed by atoms with E-state index in [-0.39, 0.29) is 0 Å². The van der Waals surface area contributed by atoms with E-state index in [9.17, 15) is 9.90 Å². The van der Waals surface area contributed by atoms with E-state index in [2.05, 4.69) is 0 Å². The highest BCUT2D eigenvalue weighted by Crippen LogP contribution is 2.32. The minimum atomic E-state index is -0.831. The molecule has 3 heteroatoms. The first-order valence-electron chi connectivity index (χ1n) is 6.06. The molecule has 2 unspecified atom stereocenters. The van der Waals surface area contributed by atoms with E-state index in [1.54, 1.807) is 0 Å². The lowest BCUT2D eigenvalue weighted by Crippen LogP contribution is -2.29. The summed E-state index contributed by atoms with van der Waals surface area (Å²) in [5, 5.41) is 18.8. The van der Waals surface area contributed by atoms with Gasteiger partial charge in [-0.2, -0.15) is 0 Å². The van der Waals surface area contributed by atoms with Gasteiger partial charge in [-0.05, 0) is 18.8 Å². The van der Waals surface area contributed by atoms with E-state index < -0.39 is 18.0 Å². The largest absolute Gasteiger partial charge is 0.481 e. The van der Waals surface area contributed by atoms with Crippen LogP contribution in [0.25, 0.3) is 0 Å². The topological polar surface area (TPSA) is 57.5 Å². The van der Waals surface area contributed by atoms with Crippen molar-refractivity contribution in [2.24, 2.45) is 11.8 Å². The Balaban J connectivity index is 2.45. The first kappa shape index (κ1) is 12.5. The maximum absolute atomic E-state index is 11.0. The van der Waals surface area contributed by atoms with Gasteiger partial charge in [0.1, 0.15) is 0 Å². The number of hydrogen-bond donors (Lipinski definition) is 2. The SMILES string of the molecule is CCCC(O)C(CC1CCCC1)C(=O)O. The molecule has 1 fully saturated rings. The maximum Gasteiger partial charge on any atom is 0.309 e. The summed E-state index contributed by atoms with van der Waals surface area (Å²) in [6, 6.07) is 0. The quantitative estimate of drug-likeness (QED) is 0.714. The van der Waals surface area contributed by atoms with E-state index in [0.29, 0.717) is 18.8 Å². The number of carbonyl (C=O) groups is 1. The molecule has 1 saturated carbocycles. The second-order valence-electron chi connectivity index (χ2n) is 4.69. The summed E-state index contributed by atoms with van der Waals surface area (Å²) in [6.07, 6.45) is 6.18. The van der Waals surface area contributed by atoms with Crippen LogP contribution in [0.3, 0.4) is 0 Å². The molecule has 0 bridgehead atoms. The van der Waals surface area contributed by atoms with Gasteiger partial charge in [-0.3, -0.25) is 4.79 Å². The van der Waals surface area contributed by atoms with Crippen LogP contribution in [0, 0.1) is 11.8 Å². The van der Waals surface area contributed by atoms with E-state index in [0.717, 1.165) is 19.3 Å². The van der Waals surface area contributed by atoms with Crippen molar-refractivity contribution < 1.29 is 15.0 Å². The molecular formula is C12H22O3. The molecule has 3 nitrogen and oxygen atoms in total. The molecule has 0 aliphatic heterocycles. The zero-order chi connectivity index (χ0) is 11.3. The van der Waals surface area contributed by atoms with Gasteiger partial charge in [0, 0.05) is 0 Å². The summed E-state index contributed by atoms with van der Waals surface area (Å²) in [6.45, 7) is 1.97. The molecule has 1 aliphatic rings. The van der Waals surface area contributed by atoms with Gasteiger partial charge in [-0.15, -0.1) is 0 Å². The number of hydrogen-bond acceptors (Lipinski definition) is 2. The lowest BCUT2D eigenvalue weighted by atomic mass is 9.88. The number of carboxylic acid groups (broad SMARTS) is 1. The smallest absolute Gasteiger partial charge is 0.309 e. The van der Waals surface area contributed by atoms with Crippen LogP contribution in [0.15, 0.2) is 0 Å². The third kappa shape index (κ3) is 3.82. The van der Waals surface area contributed by atoms with Crippen LogP contribution < -0.4 is 0 Å². The summed E-state index contributed by atoms with van der Waals surface area (Å²) < 4.78 is 0. The molecule has 1 aliphatic carbocycles. The molecule has 0 aromatic carbocycles. The van der Waals surface area contributed by atoms with E-state index >= 15 is 0 Å². The monoisotopic (exact) mass is 214 g/mol. The molecule has 0 radical (unpaired) electrons. The Bertz CT molecular complexity index is 197. The molecule has 15 heavy (non-hydrogen) atoms. The predicted octanol–water partition coefficient (Wildman–Crippen LogP) is 2.43. The summed E-state index contributed by atoms with van der Waals surface area (Å²) in [5.41, 5.74) is 0. The Hall–Kier alpha value is -0.570. The molecule has 0 spiro atoms. The zero-order valence-electron chi connectivity index (χ0n) is 9.48. The van der Waals surface area contributed by atoms with Crippen LogP contribution in [-0.2, 0) is 4.79 Å². The molecule has 0 heterocycles. The van der Waals surface area contributed by atoms with Gasteiger partial charge in [-0.25, -0.2) is 0 Å². The van der Waals surface area contributed by atoms with Crippen molar-refractivity contribution in [1.29, 1.82) is 0 Å². The van der Waals surface area contributed by atoms with Crippen LogP contribution in [0.1, 0.15) is 51.9 Å². The van der Waals surface area contributed by atoms with Crippen molar-refractivity contribution in [3.05, 3.63) is 0 Å². The Morgan fingerprint density at radius 1 is 1.40 bits per heavy atom. The van der Waals surface area contributed by atoms with Gasteiger partial charge in [0.05, 0.1) is 12.0 Å². The minimum Gasteiger partial charge on any atom is -0.481 e. The minimum absolute atomic E-state index is 0.526. The molecular weight excluding hydrogens is 192 g/mol. The summed E-state index contributed by atoms with van der Waals surface area (Å²) in [4.78, 5) is 11.0. The van der Waals surface area contributed by atoms with Gasteiger partial charge >= 0.3 is 5.97 Å². The molecule has 1 rings (SSSR count). The van der Waals surface area contributed by atoms with Crippen molar-refractivity contribution in [1.82, 2.24) is 0 Å². The van der Waals surface area contributed by atoms with E-state index in [1.807, 2.05) is 6.92 Å². The summed E-state index contributed by atoms with van der Waals surface area (Å²) in [5.74, 6) is -0.853. The highest BCUT2D eigenvalue weighted by atomic mass is 16.4. The van der Waals surface area contributed by atoms with Crippen LogP contribution in [0.5, 0.6) is 0 Å². The fourth-order valence-corrected chi connectivity index (χ4v) is 2.52. The first-order valence-corrected chi connectivity index (χ1v) is 6.06. The highest BCUT2D eigenvalue weighted by Gasteiger charge is 2.29. The van der Waals surface area contributed by atoms with Crippen LogP contribution in [-0.4, -0.2) is 22.3 Å². The summed E-state index contributed by atoms with van der Waals surface area (Å²) in [7, 11) is 0. The average molecular weight is 214 g/mol. The van der Waals surface area contributed by atoms with Gasteiger partial charge in [-0.1, -0.05) is 39.0 Å². The molecule has 0 aromatic rings. The predicted molar refractivity (Wildman–Crippen MR) is 58.6 cm³/mol. The fourth-order valence-electron chi connectivity index (χ4n) is 2.52. The van der Waals surface area contributed by atoms with E-state index in [4.69, 9.17) is 5.11 Å². The van der Waals surface area contributed by atoms with Crippen molar-refractivity contribution in [3.63, 3.8) is 0 Å². The number of rotatable bonds is 6. The van der Waals surface area contributed by atoms with E-state index in [1.165, 1.54) is 12.8 Å². The number of aliphatic hydroxyl groups is 1. The highest BCUT2D eigenvalue weighted by molar-refractivity contribution is 5.70. The average Bonchev–Trinajstić information content (AvgIpc) is 2.66. The zero-order valence-corrected chi connectivity index (χ0v) is 9.48. The van der Waals surface area contributed by atoms with Crippen LogP contribution in [0.2, 0.25) is 0 Å². The summed E-state index contributed by atoms with van der Waals surface area (Å²) >= 11 is 0. The second kappa shape index (κ2) is 6.11. The fraction of sp³-hybridized carbons (Fsp3) is 0.917. The molecule has 0 amide bonds. The molecule has 2 atom stereocenters. The number of aliphatic carboxylic acids is 1. The molecule has 0 saturated heterocycles. The Morgan fingerprint density at radius 3 is 2.47 bits per heavy atom. The Morgan fingerprint density at radius 2 is 2.00 bits per heavy atom. The second-order valence-corrected chi connectivity index (χ2v) is 4.69. The number of carboxylic acids is 1. The van der Waals surface area contributed by atoms with Crippen molar-refractivity contribution in [2.45, 2.75) is 58.0 Å². The normalized spacial score (nSPS) is 21.5. The number of aliphatic hydroxyl groups excluding tert-OH is 1. The third-order valence-electron chi connectivity index (χ3n) is 3.43. The van der Waals surface area contributed by atoms with Gasteiger partial charge in [0.25, 0.3) is 0 Å². The van der Waals surface area contributed by atoms with Crippen molar-refractivity contribution in [2.75, 3.05) is 0 Å². The molecule has 0 aromatic heterocycles.